The molecule has 1 aromatic rings. The average molecular weight is 330 g/mol. The van der Waals surface area contributed by atoms with Crippen LogP contribution in [0, 0.1) is 0 Å². The average Bonchev–Trinajstić information content (AvgIpc) is 2.25. The van der Waals surface area contributed by atoms with E-state index in [1.807, 2.05) is 0 Å². The van der Waals surface area contributed by atoms with E-state index in [0.29, 0.717) is 16.7 Å². The smallest absolute Gasteiger partial charge is 0.750 e. The number of Topliss-reactive ketones (excluding diaryl/α,β-unsaturated/α-hetero) is 1. The standard InChI is InChI=1S/C11H8O2.Na.H2O3S.3H2O/c1-7-6-10(12)8-4-2-3-5-9(8)11(7)13;;1-4(2)3;;;/h2-6H,1H3;;(H2,1,2,3);3*1H2/q;+1;;;;/p-1. The van der Waals surface area contributed by atoms with Crippen molar-refractivity contribution in [2.75, 3.05) is 0 Å². The van der Waals surface area contributed by atoms with Gasteiger partial charge in [-0.3, -0.25) is 9.59 Å². The minimum Gasteiger partial charge on any atom is -0.750 e. The molecule has 0 bridgehead atoms. The van der Waals surface area contributed by atoms with E-state index in [9.17, 15) is 9.59 Å². The second kappa shape index (κ2) is 13.0. The largest absolute Gasteiger partial charge is 1.00 e. The van der Waals surface area contributed by atoms with Gasteiger partial charge in [0, 0.05) is 16.7 Å². The molecular weight excluding hydrogens is 315 g/mol. The number of ketones is 2. The van der Waals surface area contributed by atoms with E-state index in [2.05, 4.69) is 0 Å². The molecule has 0 fully saturated rings. The van der Waals surface area contributed by atoms with E-state index in [1.165, 1.54) is 6.08 Å². The minimum atomic E-state index is -2.86. The summed E-state index contributed by atoms with van der Waals surface area (Å²) in [6, 6.07) is 6.89. The van der Waals surface area contributed by atoms with Crippen molar-refractivity contribution >= 4 is 22.9 Å². The van der Waals surface area contributed by atoms with Gasteiger partial charge in [-0.25, -0.2) is 4.21 Å². The molecule has 0 spiro atoms. The molecule has 10 heteroatoms. The zero-order valence-electron chi connectivity index (χ0n) is 11.4. The van der Waals surface area contributed by atoms with Crippen molar-refractivity contribution in [2.45, 2.75) is 6.92 Å². The molecule has 21 heavy (non-hydrogen) atoms. The van der Waals surface area contributed by atoms with Crippen LogP contribution >= 0.6 is 0 Å². The Kier molecular flexibility index (Phi) is 17.5. The van der Waals surface area contributed by atoms with Crippen LogP contribution in [0.25, 0.3) is 0 Å². The molecule has 1 aliphatic rings. The molecule has 0 radical (unpaired) electrons. The van der Waals surface area contributed by atoms with Crippen molar-refractivity contribution in [3.8, 4) is 0 Å². The van der Waals surface area contributed by atoms with Crippen LogP contribution < -0.4 is 29.6 Å². The van der Waals surface area contributed by atoms with Gasteiger partial charge in [-0.1, -0.05) is 24.3 Å². The third kappa shape index (κ3) is 8.31. The predicted molar refractivity (Wildman–Crippen MR) is 71.3 cm³/mol. The fourth-order valence-corrected chi connectivity index (χ4v) is 1.45. The van der Waals surface area contributed by atoms with E-state index >= 15 is 0 Å². The van der Waals surface area contributed by atoms with Gasteiger partial charge in [0.15, 0.2) is 11.6 Å². The Labute approximate surface area is 145 Å². The number of allylic oxidation sites excluding steroid dienone is 2. The quantitative estimate of drug-likeness (QED) is 0.372. The maximum atomic E-state index is 11.5. The molecule has 8 nitrogen and oxygen atoms in total. The van der Waals surface area contributed by atoms with Gasteiger partial charge in [-0.2, -0.15) is 0 Å². The van der Waals surface area contributed by atoms with Crippen LogP contribution in [0.15, 0.2) is 35.9 Å². The monoisotopic (exact) mass is 330 g/mol. The predicted octanol–water partition coefficient (Wildman–Crippen LogP) is -4.12. The number of benzene rings is 1. The zero-order valence-corrected chi connectivity index (χ0v) is 14.2. The molecule has 0 amide bonds. The molecular formula is C11H15NaO8S. The third-order valence-corrected chi connectivity index (χ3v) is 2.14. The van der Waals surface area contributed by atoms with Crippen LogP contribution in [0.1, 0.15) is 27.6 Å². The van der Waals surface area contributed by atoms with Crippen LogP contribution in [0.5, 0.6) is 0 Å². The van der Waals surface area contributed by atoms with Gasteiger partial charge < -0.3 is 25.5 Å². The summed E-state index contributed by atoms with van der Waals surface area (Å²) < 4.78 is 24.1. The summed E-state index contributed by atoms with van der Waals surface area (Å²) in [4.78, 5) is 23.0. The Hall–Kier alpha value is -0.750. The van der Waals surface area contributed by atoms with Crippen molar-refractivity contribution < 1.29 is 68.9 Å². The normalized spacial score (nSPS) is 12.4. The van der Waals surface area contributed by atoms with E-state index < -0.39 is 11.4 Å². The summed E-state index contributed by atoms with van der Waals surface area (Å²) in [5, 5.41) is 0. The van der Waals surface area contributed by atoms with Crippen molar-refractivity contribution in [2.24, 2.45) is 0 Å². The van der Waals surface area contributed by atoms with Crippen LogP contribution in [0.2, 0.25) is 0 Å². The first-order valence-electron chi connectivity index (χ1n) is 4.58. The maximum absolute atomic E-state index is 11.5. The molecule has 7 N–H and O–H groups in total. The first-order valence-corrected chi connectivity index (χ1v) is 5.61. The van der Waals surface area contributed by atoms with Gasteiger partial charge in [0.1, 0.15) is 0 Å². The van der Waals surface area contributed by atoms with Gasteiger partial charge in [0.2, 0.25) is 0 Å². The molecule has 0 aliphatic heterocycles. The van der Waals surface area contributed by atoms with Gasteiger partial charge in [0.05, 0.1) is 11.4 Å². The van der Waals surface area contributed by atoms with Gasteiger partial charge in [-0.05, 0) is 13.0 Å². The van der Waals surface area contributed by atoms with Crippen molar-refractivity contribution in [3.05, 3.63) is 47.0 Å². The van der Waals surface area contributed by atoms with Gasteiger partial charge >= 0.3 is 29.6 Å². The zero-order chi connectivity index (χ0) is 13.0. The molecule has 1 aromatic carbocycles. The Bertz CT molecular complexity index is 525. The first kappa shape index (κ1) is 28.4. The Morgan fingerprint density at radius 3 is 1.86 bits per heavy atom. The molecule has 0 aromatic heterocycles. The minimum absolute atomic E-state index is 0. The molecule has 1 aliphatic carbocycles. The fraction of sp³-hybridized carbons (Fsp3) is 0.0909. The van der Waals surface area contributed by atoms with Crippen LogP contribution in [0.3, 0.4) is 0 Å². The van der Waals surface area contributed by atoms with E-state index in [4.69, 9.17) is 13.3 Å². The number of carbonyl (C=O) groups is 2. The van der Waals surface area contributed by atoms with Gasteiger partial charge in [-0.15, -0.1) is 0 Å². The molecule has 0 heterocycles. The molecule has 114 valence electrons. The van der Waals surface area contributed by atoms with Crippen molar-refractivity contribution in [1.82, 2.24) is 0 Å². The summed E-state index contributed by atoms with van der Waals surface area (Å²) in [6.45, 7) is 1.66. The summed E-state index contributed by atoms with van der Waals surface area (Å²) in [5.74, 6) is -0.122. The molecule has 1 unspecified atom stereocenters. The topological polar surface area (TPSA) is 189 Å². The Morgan fingerprint density at radius 1 is 1.05 bits per heavy atom. The van der Waals surface area contributed by atoms with Gasteiger partial charge in [0.25, 0.3) is 0 Å². The number of hydrogen-bond donors (Lipinski definition) is 1. The first-order chi connectivity index (χ1) is 7.93. The molecule has 1 atom stereocenters. The van der Waals surface area contributed by atoms with E-state index in [1.54, 1.807) is 31.2 Å². The number of fused-ring (bicyclic) bond motifs is 1. The third-order valence-electron chi connectivity index (χ3n) is 2.14. The molecule has 2 rings (SSSR count). The molecule has 0 saturated heterocycles. The second-order valence-corrected chi connectivity index (χ2v) is 3.72. The van der Waals surface area contributed by atoms with Crippen LogP contribution in [0.4, 0.5) is 0 Å². The van der Waals surface area contributed by atoms with E-state index in [0.717, 1.165) is 0 Å². The Balaban J connectivity index is -0.000000164. The summed E-state index contributed by atoms with van der Waals surface area (Å²) >= 11 is -2.86. The Morgan fingerprint density at radius 2 is 1.43 bits per heavy atom. The summed E-state index contributed by atoms with van der Waals surface area (Å²) in [5.41, 5.74) is 1.55. The van der Waals surface area contributed by atoms with E-state index in [-0.39, 0.29) is 57.6 Å². The number of carbonyl (C=O) groups excluding carboxylic acids is 2. The molecule has 0 saturated carbocycles. The second-order valence-electron chi connectivity index (χ2n) is 3.28. The SMILES string of the molecule is CC1=CC(=O)c2ccccc2C1=O.O.O.O.O=S([O-])O.[Na+]. The number of rotatable bonds is 0. The van der Waals surface area contributed by atoms with Crippen LogP contribution in [-0.2, 0) is 11.4 Å². The fourth-order valence-electron chi connectivity index (χ4n) is 1.45. The van der Waals surface area contributed by atoms with Crippen molar-refractivity contribution in [3.63, 3.8) is 0 Å². The number of hydrogen-bond acceptors (Lipinski definition) is 4. The summed E-state index contributed by atoms with van der Waals surface area (Å²) in [7, 11) is 0. The van der Waals surface area contributed by atoms with Crippen LogP contribution in [-0.4, -0.2) is 41.3 Å². The summed E-state index contributed by atoms with van der Waals surface area (Å²) in [6.07, 6.45) is 1.39. The maximum Gasteiger partial charge on any atom is 1.00 e. The van der Waals surface area contributed by atoms with Crippen molar-refractivity contribution in [1.29, 1.82) is 0 Å².